The molecule has 2 aromatic rings. The Hall–Kier alpha value is -1.42. The van der Waals surface area contributed by atoms with Crippen molar-refractivity contribution >= 4 is 35.6 Å². The molecule has 0 atom stereocenters. The molecule has 0 spiro atoms. The summed E-state index contributed by atoms with van der Waals surface area (Å²) < 4.78 is 2.98. The minimum atomic E-state index is -0.319. The van der Waals surface area contributed by atoms with Gasteiger partial charge in [-0.2, -0.15) is 0 Å². The minimum absolute atomic E-state index is 0.319. The molecule has 0 aromatic heterocycles. The Morgan fingerprint density at radius 2 is 1.00 bits per heavy atom. The van der Waals surface area contributed by atoms with Crippen LogP contribution in [0.15, 0.2) is 48.5 Å². The van der Waals surface area contributed by atoms with Gasteiger partial charge in [-0.1, -0.05) is 0 Å². The monoisotopic (exact) mass is 314 g/mol. The fourth-order valence-electron chi connectivity index (χ4n) is 2.08. The van der Waals surface area contributed by atoms with Crippen LogP contribution in [0.5, 0.6) is 0 Å². The van der Waals surface area contributed by atoms with Crippen molar-refractivity contribution in [2.75, 3.05) is 38.0 Å². The van der Waals surface area contributed by atoms with Crippen molar-refractivity contribution in [2.24, 2.45) is 0 Å². The summed E-state index contributed by atoms with van der Waals surface area (Å²) in [7, 11) is 8.46. The van der Waals surface area contributed by atoms with E-state index in [4.69, 9.17) is 0 Å². The Balaban J connectivity index is 2.37. The van der Waals surface area contributed by atoms with E-state index in [0.717, 1.165) is 0 Å². The van der Waals surface area contributed by atoms with E-state index in [9.17, 15) is 0 Å². The number of nitrogens with zero attached hydrogens (tertiary/aromatic N) is 2. The summed E-state index contributed by atoms with van der Waals surface area (Å²) in [6.45, 7) is 0. The number of anilines is 2. The first kappa shape index (κ1) is 14.0. The molecule has 0 amide bonds. The van der Waals surface area contributed by atoms with E-state index >= 15 is 0 Å². The summed E-state index contributed by atoms with van der Waals surface area (Å²) in [4.78, 5) is 4.41. The summed E-state index contributed by atoms with van der Waals surface area (Å²) in [6, 6.07) is 17.5. The topological polar surface area (TPSA) is 6.48 Å². The van der Waals surface area contributed by atoms with Gasteiger partial charge in [-0.25, -0.2) is 0 Å². The third kappa shape index (κ3) is 3.32. The zero-order valence-corrected chi connectivity index (χ0v) is 14.1. The molecule has 2 rings (SSSR count). The molecule has 0 heterocycles. The van der Waals surface area contributed by atoms with E-state index < -0.39 is 0 Å². The van der Waals surface area contributed by atoms with Gasteiger partial charge in [-0.15, -0.1) is 0 Å². The molecule has 0 fully saturated rings. The molecule has 0 N–H and O–H groups in total. The van der Waals surface area contributed by atoms with Crippen LogP contribution in [0.1, 0.15) is 0 Å². The van der Waals surface area contributed by atoms with Crippen LogP contribution in [-0.4, -0.2) is 43.6 Å². The van der Waals surface area contributed by atoms with Gasteiger partial charge in [0.2, 0.25) is 0 Å². The van der Waals surface area contributed by atoms with Crippen LogP contribution < -0.4 is 18.6 Å². The summed E-state index contributed by atoms with van der Waals surface area (Å²) in [5.74, 6) is 0. The van der Waals surface area contributed by atoms with E-state index in [0.29, 0.717) is 0 Å². The third-order valence-corrected chi connectivity index (χ3v) is 5.95. The predicted molar refractivity (Wildman–Crippen MR) is 86.6 cm³/mol. The second kappa shape index (κ2) is 6.15. The fraction of sp³-hybridized carbons (Fsp3) is 0.250. The first-order chi connectivity index (χ1) is 9.09. The Morgan fingerprint density at radius 1 is 0.632 bits per heavy atom. The number of hydrogen-bond acceptors (Lipinski definition) is 2. The molecular formula is C16H20GeN2. The van der Waals surface area contributed by atoms with Gasteiger partial charge in [-0.3, -0.25) is 0 Å². The molecule has 0 unspecified atom stereocenters. The SMILES string of the molecule is CN(C)c1cccc[c]1[Ge][c]1ccccc1N(C)C. The summed E-state index contributed by atoms with van der Waals surface area (Å²) in [6.07, 6.45) is 0. The van der Waals surface area contributed by atoms with E-state index in [2.05, 4.69) is 86.5 Å². The van der Waals surface area contributed by atoms with Gasteiger partial charge in [-0.05, 0) is 0 Å². The molecular weight excluding hydrogens is 293 g/mol. The normalized spacial score (nSPS) is 10.3. The molecule has 19 heavy (non-hydrogen) atoms. The van der Waals surface area contributed by atoms with E-state index in [1.165, 1.54) is 20.2 Å². The molecule has 3 heteroatoms. The van der Waals surface area contributed by atoms with Crippen LogP contribution in [0, 0.1) is 0 Å². The molecule has 2 nitrogen and oxygen atoms in total. The Morgan fingerprint density at radius 3 is 1.37 bits per heavy atom. The van der Waals surface area contributed by atoms with Crippen molar-refractivity contribution < 1.29 is 0 Å². The van der Waals surface area contributed by atoms with Gasteiger partial charge in [0.1, 0.15) is 0 Å². The van der Waals surface area contributed by atoms with Crippen molar-refractivity contribution in [2.45, 2.75) is 0 Å². The second-order valence-corrected chi connectivity index (χ2v) is 7.73. The summed E-state index contributed by atoms with van der Waals surface area (Å²) in [5, 5.41) is 0. The van der Waals surface area contributed by atoms with Gasteiger partial charge < -0.3 is 0 Å². The molecule has 0 saturated carbocycles. The van der Waals surface area contributed by atoms with Gasteiger partial charge in [0, 0.05) is 0 Å². The average molecular weight is 313 g/mol. The van der Waals surface area contributed by atoms with Gasteiger partial charge in [0.25, 0.3) is 0 Å². The maximum atomic E-state index is 2.27. The third-order valence-electron chi connectivity index (χ3n) is 3.04. The van der Waals surface area contributed by atoms with Crippen molar-refractivity contribution in [1.29, 1.82) is 0 Å². The molecule has 0 aliphatic rings. The van der Waals surface area contributed by atoms with Crippen molar-refractivity contribution in [3.8, 4) is 0 Å². The molecule has 0 saturated heterocycles. The van der Waals surface area contributed by atoms with E-state index in [1.54, 1.807) is 0 Å². The molecule has 2 radical (unpaired) electrons. The number of hydrogen-bond donors (Lipinski definition) is 0. The molecule has 2 aromatic carbocycles. The first-order valence-corrected chi connectivity index (χ1v) is 8.49. The Bertz CT molecular complexity index is 500. The van der Waals surface area contributed by atoms with Gasteiger partial charge in [0.15, 0.2) is 0 Å². The van der Waals surface area contributed by atoms with Gasteiger partial charge in [0.05, 0.1) is 0 Å². The molecule has 98 valence electrons. The number of para-hydroxylation sites is 2. The van der Waals surface area contributed by atoms with Crippen LogP contribution in [0.3, 0.4) is 0 Å². The van der Waals surface area contributed by atoms with Crippen LogP contribution in [0.2, 0.25) is 0 Å². The molecule has 0 aliphatic heterocycles. The maximum absolute atomic E-state index is 2.27. The first-order valence-electron chi connectivity index (χ1n) is 6.39. The standard InChI is InChI=1S/C16H20GeN2/c1-18(2)15-11-7-5-9-13(15)17-14-10-6-8-12-16(14)19(3)4/h5-12H,1-4H3. The second-order valence-electron chi connectivity index (χ2n) is 4.95. The number of benzene rings is 2. The molecule has 0 bridgehead atoms. The molecule has 0 aliphatic carbocycles. The van der Waals surface area contributed by atoms with Crippen LogP contribution in [0.25, 0.3) is 0 Å². The predicted octanol–water partition coefficient (Wildman–Crippen LogP) is 1.47. The zero-order chi connectivity index (χ0) is 13.8. The van der Waals surface area contributed by atoms with E-state index in [1.807, 2.05) is 0 Å². The van der Waals surface area contributed by atoms with Crippen LogP contribution in [0.4, 0.5) is 11.4 Å². The van der Waals surface area contributed by atoms with Crippen molar-refractivity contribution in [3.05, 3.63) is 48.5 Å². The Labute approximate surface area is 122 Å². The quantitative estimate of drug-likeness (QED) is 0.789. The Kier molecular flexibility index (Phi) is 4.53. The average Bonchev–Trinajstić information content (AvgIpc) is 2.39. The van der Waals surface area contributed by atoms with E-state index in [-0.39, 0.29) is 15.4 Å². The van der Waals surface area contributed by atoms with Crippen LogP contribution >= 0.6 is 0 Å². The number of rotatable bonds is 4. The van der Waals surface area contributed by atoms with Crippen molar-refractivity contribution in [3.63, 3.8) is 0 Å². The zero-order valence-electron chi connectivity index (χ0n) is 12.0. The van der Waals surface area contributed by atoms with Crippen LogP contribution in [-0.2, 0) is 0 Å². The van der Waals surface area contributed by atoms with Gasteiger partial charge >= 0.3 is 122 Å². The van der Waals surface area contributed by atoms with Crippen molar-refractivity contribution in [1.82, 2.24) is 0 Å². The fourth-order valence-corrected chi connectivity index (χ4v) is 5.27. The summed E-state index contributed by atoms with van der Waals surface area (Å²) >= 11 is -0.319. The summed E-state index contributed by atoms with van der Waals surface area (Å²) in [5.41, 5.74) is 2.69.